The molecule has 1 heterocycles. The van der Waals surface area contributed by atoms with E-state index in [1.54, 1.807) is 11.8 Å². The van der Waals surface area contributed by atoms with Gasteiger partial charge in [-0.15, -0.1) is 0 Å². The van der Waals surface area contributed by atoms with E-state index in [-0.39, 0.29) is 0 Å². The lowest BCUT2D eigenvalue weighted by atomic mass is 10.2. The van der Waals surface area contributed by atoms with Crippen molar-refractivity contribution in [2.45, 2.75) is 25.3 Å². The highest BCUT2D eigenvalue weighted by molar-refractivity contribution is 8.00. The van der Waals surface area contributed by atoms with E-state index in [1.165, 1.54) is 6.26 Å². The van der Waals surface area contributed by atoms with Gasteiger partial charge in [0.25, 0.3) is 0 Å². The lowest BCUT2D eigenvalue weighted by molar-refractivity contribution is 0.109. The van der Waals surface area contributed by atoms with Crippen LogP contribution >= 0.6 is 11.8 Å². The fourth-order valence-electron chi connectivity index (χ4n) is 2.09. The molecule has 0 aliphatic carbocycles. The number of thioether (sulfide) groups is 1. The lowest BCUT2D eigenvalue weighted by Gasteiger charge is -2.35. The van der Waals surface area contributed by atoms with Crippen LogP contribution in [0.25, 0.3) is 0 Å². The summed E-state index contributed by atoms with van der Waals surface area (Å²) in [5, 5.41) is 12.7. The molecule has 0 bridgehead atoms. The number of nitrogens with zero attached hydrogens (tertiary/aromatic N) is 1. The van der Waals surface area contributed by atoms with Gasteiger partial charge in [0.05, 0.1) is 6.10 Å². The minimum Gasteiger partial charge on any atom is -0.390 e. The van der Waals surface area contributed by atoms with Crippen LogP contribution in [0.1, 0.15) is 13.8 Å². The third kappa shape index (κ3) is 6.44. The van der Waals surface area contributed by atoms with E-state index in [1.807, 2.05) is 4.90 Å². The lowest BCUT2D eigenvalue weighted by Crippen LogP contribution is -2.51. The molecule has 5 nitrogen and oxygen atoms in total. The van der Waals surface area contributed by atoms with E-state index in [0.29, 0.717) is 24.8 Å². The molecule has 1 aliphatic heterocycles. The second-order valence-corrected chi connectivity index (χ2v) is 8.91. The van der Waals surface area contributed by atoms with Gasteiger partial charge in [0.1, 0.15) is 5.37 Å². The zero-order valence-corrected chi connectivity index (χ0v) is 13.6. The molecular formula is C12H26N2O3S2. The molecule has 0 aromatic carbocycles. The summed E-state index contributed by atoms with van der Waals surface area (Å²) in [5.41, 5.74) is 0. The summed E-state index contributed by atoms with van der Waals surface area (Å²) in [7, 11) is -3.08. The van der Waals surface area contributed by atoms with E-state index in [4.69, 9.17) is 0 Å². The molecule has 114 valence electrons. The van der Waals surface area contributed by atoms with E-state index < -0.39 is 21.3 Å². The van der Waals surface area contributed by atoms with Gasteiger partial charge >= 0.3 is 0 Å². The fraction of sp³-hybridized carbons (Fsp3) is 1.00. The first-order valence-electron chi connectivity index (χ1n) is 6.70. The molecule has 2 atom stereocenters. The van der Waals surface area contributed by atoms with Crippen LogP contribution in [-0.2, 0) is 9.84 Å². The average molecular weight is 310 g/mol. The summed E-state index contributed by atoms with van der Waals surface area (Å²) in [5.74, 6) is 2.07. The molecule has 0 radical (unpaired) electrons. The van der Waals surface area contributed by atoms with Crippen molar-refractivity contribution in [2.75, 3.05) is 43.9 Å². The average Bonchev–Trinajstić information content (AvgIpc) is 2.27. The third-order valence-electron chi connectivity index (χ3n) is 3.06. The maximum atomic E-state index is 11.7. The number of aliphatic hydroxyl groups is 1. The Balaban J connectivity index is 2.44. The van der Waals surface area contributed by atoms with Crippen LogP contribution in [-0.4, -0.2) is 73.8 Å². The van der Waals surface area contributed by atoms with Gasteiger partial charge in [0.15, 0.2) is 9.84 Å². The summed E-state index contributed by atoms with van der Waals surface area (Å²) in [6, 6.07) is 0. The zero-order chi connectivity index (χ0) is 14.5. The van der Waals surface area contributed by atoms with Gasteiger partial charge in [-0.3, -0.25) is 4.90 Å². The summed E-state index contributed by atoms with van der Waals surface area (Å²) in [4.78, 5) is 1.90. The standard InChI is InChI=1S/C12H26N2O3S2/c1-10(2)6-13-7-11(15)8-14-4-5-18-9-12(14)19(3,16)17/h10-13,15H,4-9H2,1-3H3. The molecule has 1 aliphatic rings. The van der Waals surface area contributed by atoms with Crippen molar-refractivity contribution in [3.8, 4) is 0 Å². The van der Waals surface area contributed by atoms with E-state index in [9.17, 15) is 13.5 Å². The van der Waals surface area contributed by atoms with Gasteiger partial charge < -0.3 is 10.4 Å². The van der Waals surface area contributed by atoms with Crippen molar-refractivity contribution in [1.82, 2.24) is 10.2 Å². The number of aliphatic hydroxyl groups excluding tert-OH is 1. The number of rotatable bonds is 7. The minimum absolute atomic E-state index is 0.420. The smallest absolute Gasteiger partial charge is 0.164 e. The zero-order valence-electron chi connectivity index (χ0n) is 12.0. The highest BCUT2D eigenvalue weighted by atomic mass is 32.2. The number of hydrogen-bond donors (Lipinski definition) is 2. The summed E-state index contributed by atoms with van der Waals surface area (Å²) in [6.07, 6.45) is 0.756. The first-order valence-corrected chi connectivity index (χ1v) is 9.81. The van der Waals surface area contributed by atoms with Crippen LogP contribution in [0.5, 0.6) is 0 Å². The number of sulfone groups is 1. The van der Waals surface area contributed by atoms with Crippen LogP contribution in [0.2, 0.25) is 0 Å². The van der Waals surface area contributed by atoms with Crippen molar-refractivity contribution >= 4 is 21.6 Å². The Morgan fingerprint density at radius 1 is 1.42 bits per heavy atom. The second kappa shape index (κ2) is 7.83. The minimum atomic E-state index is -3.08. The van der Waals surface area contributed by atoms with Crippen LogP contribution in [0.15, 0.2) is 0 Å². The van der Waals surface area contributed by atoms with Crippen LogP contribution < -0.4 is 5.32 Å². The van der Waals surface area contributed by atoms with Gasteiger partial charge in [-0.1, -0.05) is 13.8 Å². The van der Waals surface area contributed by atoms with E-state index in [2.05, 4.69) is 19.2 Å². The Hall–Kier alpha value is 0.180. The topological polar surface area (TPSA) is 69.6 Å². The Labute approximate surface area is 121 Å². The molecule has 1 fully saturated rings. The largest absolute Gasteiger partial charge is 0.390 e. The van der Waals surface area contributed by atoms with Gasteiger partial charge in [-0.05, 0) is 12.5 Å². The molecule has 19 heavy (non-hydrogen) atoms. The number of β-amino-alcohol motifs (C(OH)–C–C–N with tert-alkyl or cyclic N) is 1. The first-order chi connectivity index (χ1) is 8.80. The number of nitrogens with one attached hydrogen (secondary N) is 1. The van der Waals surface area contributed by atoms with E-state index >= 15 is 0 Å². The molecule has 2 unspecified atom stereocenters. The maximum Gasteiger partial charge on any atom is 0.164 e. The fourth-order valence-corrected chi connectivity index (χ4v) is 5.05. The predicted octanol–water partition coefficient (Wildman–Crippen LogP) is 0.0124. The van der Waals surface area contributed by atoms with Crippen molar-refractivity contribution in [3.63, 3.8) is 0 Å². The molecule has 0 saturated carbocycles. The quantitative estimate of drug-likeness (QED) is 0.690. The van der Waals surface area contributed by atoms with Gasteiger partial charge in [-0.2, -0.15) is 11.8 Å². The normalized spacial score (nSPS) is 23.7. The molecule has 0 aromatic rings. The van der Waals surface area contributed by atoms with Crippen LogP contribution in [0.4, 0.5) is 0 Å². The highest BCUT2D eigenvalue weighted by Crippen LogP contribution is 2.20. The van der Waals surface area contributed by atoms with E-state index in [0.717, 1.165) is 18.8 Å². The Bertz CT molecular complexity index is 360. The molecular weight excluding hydrogens is 284 g/mol. The van der Waals surface area contributed by atoms with Gasteiger partial charge in [0.2, 0.25) is 0 Å². The highest BCUT2D eigenvalue weighted by Gasteiger charge is 2.31. The van der Waals surface area contributed by atoms with Crippen molar-refractivity contribution in [3.05, 3.63) is 0 Å². The van der Waals surface area contributed by atoms with Crippen molar-refractivity contribution < 1.29 is 13.5 Å². The first kappa shape index (κ1) is 17.2. The maximum absolute atomic E-state index is 11.7. The number of hydrogen-bond acceptors (Lipinski definition) is 6. The van der Waals surface area contributed by atoms with Crippen LogP contribution in [0.3, 0.4) is 0 Å². The Kier molecular flexibility index (Phi) is 7.10. The van der Waals surface area contributed by atoms with Crippen molar-refractivity contribution in [1.29, 1.82) is 0 Å². The third-order valence-corrected chi connectivity index (χ3v) is 5.75. The van der Waals surface area contributed by atoms with Gasteiger partial charge in [-0.25, -0.2) is 8.42 Å². The summed E-state index contributed by atoms with van der Waals surface area (Å²) < 4.78 is 23.5. The second-order valence-electron chi connectivity index (χ2n) is 5.56. The monoisotopic (exact) mass is 310 g/mol. The SMILES string of the molecule is CC(C)CNCC(O)CN1CCSCC1S(C)(=O)=O. The Morgan fingerprint density at radius 3 is 2.68 bits per heavy atom. The van der Waals surface area contributed by atoms with Crippen molar-refractivity contribution in [2.24, 2.45) is 5.92 Å². The summed E-state index contributed by atoms with van der Waals surface area (Å²) in [6.45, 7) is 6.75. The molecule has 7 heteroatoms. The molecule has 0 amide bonds. The Morgan fingerprint density at radius 2 is 2.11 bits per heavy atom. The molecule has 2 N–H and O–H groups in total. The molecule has 0 spiro atoms. The predicted molar refractivity (Wildman–Crippen MR) is 81.2 cm³/mol. The summed E-state index contributed by atoms with van der Waals surface area (Å²) >= 11 is 1.66. The molecule has 1 saturated heterocycles. The molecule has 0 aromatic heterocycles. The molecule has 1 rings (SSSR count). The van der Waals surface area contributed by atoms with Crippen LogP contribution in [0, 0.1) is 5.92 Å². The van der Waals surface area contributed by atoms with Gasteiger partial charge in [0, 0.05) is 37.4 Å².